The van der Waals surface area contributed by atoms with E-state index >= 15 is 0 Å². The Labute approximate surface area is 175 Å². The van der Waals surface area contributed by atoms with Crippen LogP contribution in [0.5, 0.6) is 0 Å². The van der Waals surface area contributed by atoms with Crippen molar-refractivity contribution >= 4 is 17.5 Å². The first-order valence-corrected chi connectivity index (χ1v) is 10.8. The molecule has 5 rings (SSSR count). The number of hydrogen-bond donors (Lipinski definition) is 3. The number of aliphatic imine (C=N–C) groups is 1. The number of allylic oxidation sites excluding steroid dienone is 3. The van der Waals surface area contributed by atoms with Crippen LogP contribution in [0.2, 0.25) is 0 Å². The lowest BCUT2D eigenvalue weighted by Gasteiger charge is -2.60. The lowest BCUT2D eigenvalue weighted by molar-refractivity contribution is -0.150. The molecule has 5 aliphatic rings. The fourth-order valence-corrected chi connectivity index (χ4v) is 7.86. The molecule has 0 spiro atoms. The van der Waals surface area contributed by atoms with E-state index in [-0.39, 0.29) is 29.3 Å². The Balaban J connectivity index is 1.63. The molecule has 0 saturated heterocycles. The second-order valence-electron chi connectivity index (χ2n) is 10.2. The van der Waals surface area contributed by atoms with E-state index in [4.69, 9.17) is 4.74 Å². The zero-order chi connectivity index (χ0) is 21.6. The summed E-state index contributed by atoms with van der Waals surface area (Å²) in [5.74, 6) is -0.334. The molecule has 162 valence electrons. The molecule has 0 aromatic rings. The van der Waals surface area contributed by atoms with Crippen molar-refractivity contribution in [3.8, 4) is 0 Å². The number of carbonyl (C=O) groups is 2. The molecule has 3 N–H and O–H groups in total. The summed E-state index contributed by atoms with van der Waals surface area (Å²) < 4.78 is 5.96. The van der Waals surface area contributed by atoms with Gasteiger partial charge in [-0.25, -0.2) is 4.99 Å². The Kier molecular flexibility index (Phi) is 4.09. The molecule has 9 atom stereocenters. The molecular formula is C23H29NO6. The number of rotatable bonds is 2. The maximum Gasteiger partial charge on any atom is 0.190 e. The van der Waals surface area contributed by atoms with Gasteiger partial charge in [0.1, 0.15) is 12.7 Å². The number of Topliss-reactive ketones (excluding diaryl/α,β-unsaturated/α-hetero) is 1. The molecule has 0 aromatic carbocycles. The van der Waals surface area contributed by atoms with E-state index in [1.165, 1.54) is 12.2 Å². The minimum absolute atomic E-state index is 0.0118. The normalized spacial score (nSPS) is 51.2. The number of ketones is 2. The van der Waals surface area contributed by atoms with Crippen molar-refractivity contribution in [1.82, 2.24) is 0 Å². The number of fused-ring (bicyclic) bond motifs is 7. The van der Waals surface area contributed by atoms with Crippen LogP contribution in [0.15, 0.2) is 28.8 Å². The Hall–Kier alpha value is -1.83. The van der Waals surface area contributed by atoms with Crippen molar-refractivity contribution in [2.24, 2.45) is 33.6 Å². The maximum atomic E-state index is 13.1. The third kappa shape index (κ3) is 2.18. The highest BCUT2D eigenvalue weighted by molar-refractivity contribution is 6.01. The Morgan fingerprint density at radius 2 is 2.03 bits per heavy atom. The molecular weight excluding hydrogens is 386 g/mol. The van der Waals surface area contributed by atoms with E-state index in [0.717, 1.165) is 0 Å². The van der Waals surface area contributed by atoms with Crippen molar-refractivity contribution in [3.05, 3.63) is 23.8 Å². The van der Waals surface area contributed by atoms with Gasteiger partial charge in [-0.3, -0.25) is 9.59 Å². The van der Waals surface area contributed by atoms with Crippen LogP contribution in [0.1, 0.15) is 40.0 Å². The number of ether oxygens (including phenoxy) is 1. The largest absolute Gasteiger partial charge is 0.475 e. The molecule has 4 unspecified atom stereocenters. The van der Waals surface area contributed by atoms with Gasteiger partial charge in [-0.1, -0.05) is 19.9 Å². The lowest BCUT2D eigenvalue weighted by atomic mass is 9.45. The third-order valence-corrected chi connectivity index (χ3v) is 8.92. The number of aliphatic hydroxyl groups excluding tert-OH is 3. The standard InChI is InChI=1S/C23H29NO6/c1-11-24-23(18(29)10-25)19(30-11)8-14-13-7-16(27)15-6-12(26)4-5-21(15,2)20(13)17(28)9-22(14,23)3/h4-6,13-14,16-17,19-20,25,27-28H,7-10H2,1-3H3/t13-,14?,16+,17-,19?,20?,21-,22-,23?/m0/s1. The van der Waals surface area contributed by atoms with Crippen molar-refractivity contribution in [2.75, 3.05) is 6.61 Å². The van der Waals surface area contributed by atoms with Gasteiger partial charge in [-0.05, 0) is 48.8 Å². The molecule has 0 aromatic heterocycles. The monoisotopic (exact) mass is 415 g/mol. The molecule has 7 nitrogen and oxygen atoms in total. The van der Waals surface area contributed by atoms with Crippen LogP contribution in [-0.4, -0.2) is 63.2 Å². The summed E-state index contributed by atoms with van der Waals surface area (Å²) in [6.45, 7) is 5.06. The van der Waals surface area contributed by atoms with E-state index in [1.54, 1.807) is 6.92 Å². The summed E-state index contributed by atoms with van der Waals surface area (Å²) in [6, 6.07) is 0. The van der Waals surface area contributed by atoms with E-state index in [2.05, 4.69) is 4.99 Å². The smallest absolute Gasteiger partial charge is 0.190 e. The van der Waals surface area contributed by atoms with E-state index in [1.807, 2.05) is 19.9 Å². The minimum atomic E-state index is -1.21. The van der Waals surface area contributed by atoms with E-state index in [9.17, 15) is 24.9 Å². The molecule has 30 heavy (non-hydrogen) atoms. The fourth-order valence-electron chi connectivity index (χ4n) is 7.86. The molecule has 4 aliphatic carbocycles. The Morgan fingerprint density at radius 1 is 1.30 bits per heavy atom. The number of aliphatic hydroxyl groups is 3. The molecule has 7 heteroatoms. The Morgan fingerprint density at radius 3 is 2.73 bits per heavy atom. The quantitative estimate of drug-likeness (QED) is 0.619. The van der Waals surface area contributed by atoms with Crippen LogP contribution >= 0.6 is 0 Å². The average Bonchev–Trinajstić information content (AvgIpc) is 3.13. The van der Waals surface area contributed by atoms with Gasteiger partial charge in [0.05, 0.1) is 12.2 Å². The third-order valence-electron chi connectivity index (χ3n) is 8.92. The highest BCUT2D eigenvalue weighted by atomic mass is 16.5. The summed E-state index contributed by atoms with van der Waals surface area (Å²) in [6.07, 6.45) is 4.23. The second kappa shape index (κ2) is 6.11. The summed E-state index contributed by atoms with van der Waals surface area (Å²) in [5, 5.41) is 32.2. The molecule has 1 aliphatic heterocycles. The molecule has 3 saturated carbocycles. The van der Waals surface area contributed by atoms with Gasteiger partial charge in [0, 0.05) is 23.7 Å². The first-order chi connectivity index (χ1) is 14.1. The minimum Gasteiger partial charge on any atom is -0.475 e. The lowest BCUT2D eigenvalue weighted by Crippen LogP contribution is -2.63. The topological polar surface area (TPSA) is 116 Å². The predicted molar refractivity (Wildman–Crippen MR) is 108 cm³/mol. The summed E-state index contributed by atoms with van der Waals surface area (Å²) in [4.78, 5) is 29.7. The van der Waals surface area contributed by atoms with Crippen LogP contribution in [0, 0.1) is 28.6 Å². The summed E-state index contributed by atoms with van der Waals surface area (Å²) in [5.41, 5.74) is -1.85. The van der Waals surface area contributed by atoms with Crippen LogP contribution in [0.3, 0.4) is 0 Å². The SMILES string of the molecule is CC1=NC2(C(=O)CO)C(CC3[C@@H]4C[C@@H](O)C5=CC(=O)C=C[C@]5(C)C4[C@@H](O)C[C@@]32C)O1. The van der Waals surface area contributed by atoms with E-state index < -0.39 is 41.3 Å². The summed E-state index contributed by atoms with van der Waals surface area (Å²) in [7, 11) is 0. The second-order valence-corrected chi connectivity index (χ2v) is 10.2. The molecule has 3 fully saturated rings. The van der Waals surface area contributed by atoms with Crippen molar-refractivity contribution in [1.29, 1.82) is 0 Å². The molecule has 0 radical (unpaired) electrons. The van der Waals surface area contributed by atoms with Crippen molar-refractivity contribution in [2.45, 2.75) is 63.9 Å². The van der Waals surface area contributed by atoms with Crippen molar-refractivity contribution < 1.29 is 29.6 Å². The first kappa shape index (κ1) is 20.1. The van der Waals surface area contributed by atoms with Gasteiger partial charge in [-0.15, -0.1) is 0 Å². The van der Waals surface area contributed by atoms with Gasteiger partial charge in [-0.2, -0.15) is 0 Å². The number of carbonyl (C=O) groups excluding carboxylic acids is 2. The van der Waals surface area contributed by atoms with Gasteiger partial charge in [0.25, 0.3) is 0 Å². The zero-order valence-electron chi connectivity index (χ0n) is 17.5. The van der Waals surface area contributed by atoms with Crippen LogP contribution in [0.4, 0.5) is 0 Å². The maximum absolute atomic E-state index is 13.1. The first-order valence-electron chi connectivity index (χ1n) is 10.8. The molecule has 0 bridgehead atoms. The van der Waals surface area contributed by atoms with Gasteiger partial charge >= 0.3 is 0 Å². The predicted octanol–water partition coefficient (Wildman–Crippen LogP) is 0.963. The highest BCUT2D eigenvalue weighted by Gasteiger charge is 2.74. The van der Waals surface area contributed by atoms with Gasteiger partial charge in [0.2, 0.25) is 0 Å². The van der Waals surface area contributed by atoms with Crippen LogP contribution in [0.25, 0.3) is 0 Å². The van der Waals surface area contributed by atoms with Crippen molar-refractivity contribution in [3.63, 3.8) is 0 Å². The van der Waals surface area contributed by atoms with Gasteiger partial charge in [0.15, 0.2) is 23.0 Å². The van der Waals surface area contributed by atoms with Crippen LogP contribution < -0.4 is 0 Å². The van der Waals surface area contributed by atoms with Crippen LogP contribution in [-0.2, 0) is 14.3 Å². The fraction of sp³-hybridized carbons (Fsp3) is 0.696. The highest BCUT2D eigenvalue weighted by Crippen LogP contribution is 2.69. The average molecular weight is 415 g/mol. The number of nitrogens with zero attached hydrogens (tertiary/aromatic N) is 1. The molecule has 0 amide bonds. The molecule has 1 heterocycles. The van der Waals surface area contributed by atoms with Gasteiger partial charge < -0.3 is 20.1 Å². The Bertz CT molecular complexity index is 923. The summed E-state index contributed by atoms with van der Waals surface area (Å²) >= 11 is 0. The number of hydrogen-bond acceptors (Lipinski definition) is 7. The zero-order valence-corrected chi connectivity index (χ0v) is 17.5. The van der Waals surface area contributed by atoms with E-state index in [0.29, 0.717) is 30.7 Å².